The van der Waals surface area contributed by atoms with E-state index in [0.29, 0.717) is 19.3 Å². The zero-order valence-electron chi connectivity index (χ0n) is 34.6. The molecule has 0 radical (unpaired) electrons. The van der Waals surface area contributed by atoms with Gasteiger partial charge in [0.2, 0.25) is 0 Å². The molecule has 0 aromatic rings. The lowest BCUT2D eigenvalue weighted by atomic mass is 10.0. The Morgan fingerprint density at radius 2 is 0.647 bits per heavy atom. The molecule has 0 N–H and O–H groups in total. The molecule has 0 aliphatic rings. The largest absolute Gasteiger partial charge is 0.462 e. The molecule has 51 heavy (non-hydrogen) atoms. The summed E-state index contributed by atoms with van der Waals surface area (Å²) in [6.07, 6.45) is 38.1. The molecule has 0 saturated carbocycles. The van der Waals surface area contributed by atoms with Crippen LogP contribution in [0, 0.1) is 5.92 Å². The van der Waals surface area contributed by atoms with Crippen molar-refractivity contribution in [3.63, 3.8) is 0 Å². The summed E-state index contributed by atoms with van der Waals surface area (Å²) in [4.78, 5) is 37.6. The molecule has 0 saturated heterocycles. The Balaban J connectivity index is 4.32. The predicted molar refractivity (Wildman–Crippen MR) is 215 cm³/mol. The Morgan fingerprint density at radius 3 is 0.961 bits per heavy atom. The molecule has 0 fully saturated rings. The second kappa shape index (κ2) is 39.6. The molecular weight excluding hydrogens is 636 g/mol. The molecule has 0 aliphatic carbocycles. The number of carbonyl (C=O) groups excluding carboxylic acids is 3. The summed E-state index contributed by atoms with van der Waals surface area (Å²) in [5, 5.41) is 0. The van der Waals surface area contributed by atoms with E-state index in [9.17, 15) is 14.4 Å². The number of unbranched alkanes of at least 4 members (excludes halogenated alkanes) is 27. The molecule has 0 spiro atoms. The molecule has 6 nitrogen and oxygen atoms in total. The maximum Gasteiger partial charge on any atom is 0.306 e. The van der Waals surface area contributed by atoms with E-state index in [1.165, 1.54) is 141 Å². The van der Waals surface area contributed by atoms with E-state index in [0.717, 1.165) is 63.7 Å². The van der Waals surface area contributed by atoms with Crippen molar-refractivity contribution in [3.05, 3.63) is 0 Å². The summed E-state index contributed by atoms with van der Waals surface area (Å²) in [5.74, 6) is -0.0963. The Morgan fingerprint density at radius 1 is 0.373 bits per heavy atom. The topological polar surface area (TPSA) is 78.9 Å². The van der Waals surface area contributed by atoms with Crippen LogP contribution in [0.3, 0.4) is 0 Å². The van der Waals surface area contributed by atoms with Crippen molar-refractivity contribution in [2.75, 3.05) is 13.2 Å². The van der Waals surface area contributed by atoms with Crippen LogP contribution in [-0.4, -0.2) is 37.2 Å². The Kier molecular flexibility index (Phi) is 38.4. The summed E-state index contributed by atoms with van der Waals surface area (Å²) in [6.45, 7) is 8.92. The Hall–Kier alpha value is -1.59. The average Bonchev–Trinajstić information content (AvgIpc) is 3.11. The zero-order valence-corrected chi connectivity index (χ0v) is 34.6. The van der Waals surface area contributed by atoms with Crippen molar-refractivity contribution in [1.29, 1.82) is 0 Å². The minimum absolute atomic E-state index is 0.0646. The third-order valence-electron chi connectivity index (χ3n) is 10.0. The fourth-order valence-electron chi connectivity index (χ4n) is 6.63. The fourth-order valence-corrected chi connectivity index (χ4v) is 6.63. The van der Waals surface area contributed by atoms with Crippen molar-refractivity contribution in [2.24, 2.45) is 5.92 Å². The number of esters is 3. The van der Waals surface area contributed by atoms with E-state index in [4.69, 9.17) is 14.2 Å². The number of hydrogen-bond donors (Lipinski definition) is 0. The quantitative estimate of drug-likeness (QED) is 0.0356. The highest BCUT2D eigenvalue weighted by atomic mass is 16.6. The van der Waals surface area contributed by atoms with E-state index >= 15 is 0 Å². The first-order valence-electron chi connectivity index (χ1n) is 22.4. The Labute approximate surface area is 317 Å². The molecule has 302 valence electrons. The standard InChI is InChI=1S/C45H86O6/c1-5-7-9-11-13-15-17-19-21-23-28-32-36-43(46)49-39-42(40-50-44(47)37-33-29-26-25-27-31-35-41(3)4)51-45(48)38-34-30-24-22-20-18-16-14-12-10-8-6-2/h41-42H,5-40H2,1-4H3/t42-/m1/s1. The number of carbonyl (C=O) groups is 3. The first-order chi connectivity index (χ1) is 24.9. The molecule has 0 bridgehead atoms. The van der Waals surface area contributed by atoms with E-state index in [2.05, 4.69) is 27.7 Å². The lowest BCUT2D eigenvalue weighted by molar-refractivity contribution is -0.167. The van der Waals surface area contributed by atoms with Crippen molar-refractivity contribution < 1.29 is 28.6 Å². The molecule has 0 aromatic heterocycles. The van der Waals surface area contributed by atoms with Crippen molar-refractivity contribution in [2.45, 2.75) is 252 Å². The molecule has 0 aliphatic heterocycles. The first-order valence-corrected chi connectivity index (χ1v) is 22.4. The lowest BCUT2D eigenvalue weighted by Crippen LogP contribution is -2.30. The third-order valence-corrected chi connectivity index (χ3v) is 10.0. The van der Waals surface area contributed by atoms with Crippen LogP contribution in [0.2, 0.25) is 0 Å². The van der Waals surface area contributed by atoms with Crippen LogP contribution in [0.4, 0.5) is 0 Å². The van der Waals surface area contributed by atoms with Gasteiger partial charge < -0.3 is 14.2 Å². The number of ether oxygens (including phenoxy) is 3. The van der Waals surface area contributed by atoms with Gasteiger partial charge in [-0.2, -0.15) is 0 Å². The van der Waals surface area contributed by atoms with E-state index in [1.54, 1.807) is 0 Å². The van der Waals surface area contributed by atoms with Crippen molar-refractivity contribution >= 4 is 17.9 Å². The average molecular weight is 723 g/mol. The van der Waals surface area contributed by atoms with E-state index < -0.39 is 6.10 Å². The fraction of sp³-hybridized carbons (Fsp3) is 0.933. The van der Waals surface area contributed by atoms with Crippen LogP contribution in [-0.2, 0) is 28.6 Å². The van der Waals surface area contributed by atoms with Gasteiger partial charge in [0.25, 0.3) is 0 Å². The van der Waals surface area contributed by atoms with E-state index in [-0.39, 0.29) is 31.1 Å². The molecular formula is C45H86O6. The van der Waals surface area contributed by atoms with Crippen LogP contribution in [0.25, 0.3) is 0 Å². The van der Waals surface area contributed by atoms with E-state index in [1.807, 2.05) is 0 Å². The molecule has 0 rings (SSSR count). The molecule has 6 heteroatoms. The maximum atomic E-state index is 12.7. The first kappa shape index (κ1) is 49.4. The van der Waals surface area contributed by atoms with Gasteiger partial charge in [0.05, 0.1) is 0 Å². The van der Waals surface area contributed by atoms with Gasteiger partial charge in [-0.3, -0.25) is 14.4 Å². The zero-order chi connectivity index (χ0) is 37.5. The summed E-state index contributed by atoms with van der Waals surface area (Å²) in [7, 11) is 0. The lowest BCUT2D eigenvalue weighted by Gasteiger charge is -2.18. The van der Waals surface area contributed by atoms with Crippen LogP contribution in [0.1, 0.15) is 246 Å². The molecule has 0 unspecified atom stereocenters. The highest BCUT2D eigenvalue weighted by Crippen LogP contribution is 2.16. The van der Waals surface area contributed by atoms with Crippen LogP contribution >= 0.6 is 0 Å². The van der Waals surface area contributed by atoms with Crippen LogP contribution in [0.15, 0.2) is 0 Å². The van der Waals surface area contributed by atoms with Gasteiger partial charge in [-0.15, -0.1) is 0 Å². The van der Waals surface area contributed by atoms with Gasteiger partial charge in [-0.05, 0) is 25.2 Å². The van der Waals surface area contributed by atoms with Gasteiger partial charge in [0, 0.05) is 19.3 Å². The smallest absolute Gasteiger partial charge is 0.306 e. The minimum atomic E-state index is -0.759. The van der Waals surface area contributed by atoms with Crippen molar-refractivity contribution in [3.8, 4) is 0 Å². The summed E-state index contributed by atoms with van der Waals surface area (Å²) in [6, 6.07) is 0. The van der Waals surface area contributed by atoms with Gasteiger partial charge in [-0.25, -0.2) is 0 Å². The second-order valence-electron chi connectivity index (χ2n) is 15.8. The number of hydrogen-bond acceptors (Lipinski definition) is 6. The monoisotopic (exact) mass is 723 g/mol. The molecule has 0 heterocycles. The number of rotatable bonds is 40. The van der Waals surface area contributed by atoms with Crippen LogP contribution in [0.5, 0.6) is 0 Å². The molecule has 0 amide bonds. The summed E-state index contributed by atoms with van der Waals surface area (Å²) >= 11 is 0. The minimum Gasteiger partial charge on any atom is -0.462 e. The molecule has 1 atom stereocenters. The van der Waals surface area contributed by atoms with Gasteiger partial charge in [0.15, 0.2) is 6.10 Å². The predicted octanol–water partition coefficient (Wildman–Crippen LogP) is 13.9. The van der Waals surface area contributed by atoms with Gasteiger partial charge in [0.1, 0.15) is 13.2 Å². The Bertz CT molecular complexity index is 766. The summed E-state index contributed by atoms with van der Waals surface area (Å²) < 4.78 is 16.7. The highest BCUT2D eigenvalue weighted by Gasteiger charge is 2.19. The second-order valence-corrected chi connectivity index (χ2v) is 15.8. The van der Waals surface area contributed by atoms with Gasteiger partial charge >= 0.3 is 17.9 Å². The maximum absolute atomic E-state index is 12.7. The summed E-state index contributed by atoms with van der Waals surface area (Å²) in [5.41, 5.74) is 0. The third kappa shape index (κ3) is 39.5. The van der Waals surface area contributed by atoms with Gasteiger partial charge in [-0.1, -0.05) is 207 Å². The normalized spacial score (nSPS) is 11.9. The van der Waals surface area contributed by atoms with Crippen LogP contribution < -0.4 is 0 Å². The SMILES string of the molecule is CCCCCCCCCCCCCCC(=O)OC[C@H](COC(=O)CCCCCCCCC(C)C)OC(=O)CCCCCCCCCCCCCC. The molecule has 0 aromatic carbocycles. The van der Waals surface area contributed by atoms with Crippen molar-refractivity contribution in [1.82, 2.24) is 0 Å². The highest BCUT2D eigenvalue weighted by molar-refractivity contribution is 5.71.